The Morgan fingerprint density at radius 1 is 1.50 bits per heavy atom. The number of hydrogen-bond donors (Lipinski definition) is 0. The summed E-state index contributed by atoms with van der Waals surface area (Å²) in [6.07, 6.45) is 1.49. The van der Waals surface area contributed by atoms with Gasteiger partial charge in [0.15, 0.2) is 0 Å². The highest BCUT2D eigenvalue weighted by Crippen LogP contribution is 2.14. The van der Waals surface area contributed by atoms with E-state index in [9.17, 15) is 0 Å². The second-order valence-electron chi connectivity index (χ2n) is 3.01. The van der Waals surface area contributed by atoms with Crippen molar-refractivity contribution >= 4 is 0 Å². The van der Waals surface area contributed by atoms with Gasteiger partial charge in [-0.2, -0.15) is 10.4 Å². The molecule has 0 saturated carbocycles. The van der Waals surface area contributed by atoms with Gasteiger partial charge in [0.1, 0.15) is 18.1 Å². The van der Waals surface area contributed by atoms with Crippen molar-refractivity contribution < 1.29 is 0 Å². The van der Waals surface area contributed by atoms with Gasteiger partial charge < -0.3 is 0 Å². The normalized spacial score (nSPS) is 12.9. The summed E-state index contributed by atoms with van der Waals surface area (Å²) < 4.78 is 1.77. The summed E-state index contributed by atoms with van der Waals surface area (Å²) in [5, 5.41) is 12.7. The maximum Gasteiger partial charge on any atom is 0.144 e. The molecule has 1 aromatic rings. The molecule has 0 spiro atoms. The molecular formula is C8H12N4. The minimum atomic E-state index is -0.185. The van der Waals surface area contributed by atoms with Gasteiger partial charge in [-0.1, -0.05) is 0 Å². The van der Waals surface area contributed by atoms with Gasteiger partial charge in [-0.3, -0.25) is 0 Å². The Morgan fingerprint density at radius 3 is 2.67 bits per heavy atom. The van der Waals surface area contributed by atoms with E-state index >= 15 is 0 Å². The lowest BCUT2D eigenvalue weighted by Gasteiger charge is -2.09. The summed E-state index contributed by atoms with van der Waals surface area (Å²) in [4.78, 5) is 4.04. The fourth-order valence-corrected chi connectivity index (χ4v) is 1.02. The van der Waals surface area contributed by atoms with Crippen LogP contribution in [0.15, 0.2) is 6.33 Å². The molecule has 64 valence electrons. The highest BCUT2D eigenvalue weighted by molar-refractivity contribution is 5.05. The minimum Gasteiger partial charge on any atom is -0.246 e. The highest BCUT2D eigenvalue weighted by Gasteiger charge is 2.13. The van der Waals surface area contributed by atoms with Gasteiger partial charge in [-0.15, -0.1) is 0 Å². The van der Waals surface area contributed by atoms with Crippen LogP contribution in [0.4, 0.5) is 0 Å². The smallest absolute Gasteiger partial charge is 0.144 e. The minimum absolute atomic E-state index is 0.185. The molecule has 0 aliphatic heterocycles. The Hall–Kier alpha value is -1.37. The first-order valence-electron chi connectivity index (χ1n) is 3.95. The van der Waals surface area contributed by atoms with E-state index in [1.807, 2.05) is 20.8 Å². The Kier molecular flexibility index (Phi) is 2.44. The van der Waals surface area contributed by atoms with E-state index in [0.29, 0.717) is 0 Å². The third-order valence-electron chi connectivity index (χ3n) is 1.67. The van der Waals surface area contributed by atoms with E-state index < -0.39 is 0 Å². The van der Waals surface area contributed by atoms with E-state index in [1.54, 1.807) is 4.68 Å². The maximum atomic E-state index is 8.68. The first kappa shape index (κ1) is 8.72. The lowest BCUT2D eigenvalue weighted by Crippen LogP contribution is -2.09. The van der Waals surface area contributed by atoms with Crippen LogP contribution in [0.5, 0.6) is 0 Å². The molecule has 0 saturated heterocycles. The van der Waals surface area contributed by atoms with E-state index in [4.69, 9.17) is 5.26 Å². The standard InChI is InChI=1S/C8H12N4/c1-6(2)12-8(7(3)4-9)10-5-11-12/h5-7H,1-3H3. The van der Waals surface area contributed by atoms with Crippen molar-refractivity contribution in [1.82, 2.24) is 14.8 Å². The molecule has 4 nitrogen and oxygen atoms in total. The van der Waals surface area contributed by atoms with Crippen LogP contribution in [0.1, 0.15) is 38.6 Å². The van der Waals surface area contributed by atoms with Crippen molar-refractivity contribution in [1.29, 1.82) is 5.26 Å². The molecule has 1 heterocycles. The van der Waals surface area contributed by atoms with Crippen LogP contribution in [0.3, 0.4) is 0 Å². The fraction of sp³-hybridized carbons (Fsp3) is 0.625. The number of hydrogen-bond acceptors (Lipinski definition) is 3. The Morgan fingerprint density at radius 2 is 2.17 bits per heavy atom. The molecule has 0 amide bonds. The number of aromatic nitrogens is 3. The van der Waals surface area contributed by atoms with Gasteiger partial charge in [0.25, 0.3) is 0 Å². The molecule has 0 aliphatic carbocycles. The molecule has 4 heteroatoms. The number of nitriles is 1. The maximum absolute atomic E-state index is 8.68. The van der Waals surface area contributed by atoms with Gasteiger partial charge >= 0.3 is 0 Å². The van der Waals surface area contributed by atoms with Crippen LogP contribution >= 0.6 is 0 Å². The van der Waals surface area contributed by atoms with Crippen LogP contribution in [0.2, 0.25) is 0 Å². The second kappa shape index (κ2) is 3.35. The summed E-state index contributed by atoms with van der Waals surface area (Å²) in [5.74, 6) is 0.558. The summed E-state index contributed by atoms with van der Waals surface area (Å²) >= 11 is 0. The van der Waals surface area contributed by atoms with E-state index in [-0.39, 0.29) is 12.0 Å². The molecule has 12 heavy (non-hydrogen) atoms. The highest BCUT2D eigenvalue weighted by atomic mass is 15.3. The van der Waals surface area contributed by atoms with E-state index in [0.717, 1.165) is 5.82 Å². The molecule has 1 aromatic heterocycles. The molecule has 1 unspecified atom stereocenters. The largest absolute Gasteiger partial charge is 0.246 e. The topological polar surface area (TPSA) is 54.5 Å². The third kappa shape index (κ3) is 1.45. The van der Waals surface area contributed by atoms with Crippen LogP contribution in [-0.4, -0.2) is 14.8 Å². The predicted molar refractivity (Wildman–Crippen MR) is 44.4 cm³/mol. The molecule has 0 fully saturated rings. The summed E-state index contributed by atoms with van der Waals surface area (Å²) in [6.45, 7) is 5.85. The number of rotatable bonds is 2. The van der Waals surface area contributed by atoms with Gasteiger partial charge in [0, 0.05) is 6.04 Å². The van der Waals surface area contributed by atoms with Crippen LogP contribution in [-0.2, 0) is 0 Å². The van der Waals surface area contributed by atoms with E-state index in [1.165, 1.54) is 6.33 Å². The van der Waals surface area contributed by atoms with Crippen molar-refractivity contribution in [2.45, 2.75) is 32.7 Å². The quantitative estimate of drug-likeness (QED) is 0.665. The zero-order valence-corrected chi connectivity index (χ0v) is 7.52. The molecule has 1 rings (SSSR count). The molecule has 1 atom stereocenters. The average Bonchev–Trinajstić information content (AvgIpc) is 2.50. The third-order valence-corrected chi connectivity index (χ3v) is 1.67. The van der Waals surface area contributed by atoms with Crippen molar-refractivity contribution in [3.05, 3.63) is 12.2 Å². The lowest BCUT2D eigenvalue weighted by molar-refractivity contribution is 0.501. The van der Waals surface area contributed by atoms with Crippen LogP contribution in [0.25, 0.3) is 0 Å². The fourth-order valence-electron chi connectivity index (χ4n) is 1.02. The summed E-state index contributed by atoms with van der Waals surface area (Å²) in [5.41, 5.74) is 0. The van der Waals surface area contributed by atoms with Crippen molar-refractivity contribution in [2.24, 2.45) is 0 Å². The lowest BCUT2D eigenvalue weighted by atomic mass is 10.2. The van der Waals surface area contributed by atoms with Crippen molar-refractivity contribution in [3.8, 4) is 6.07 Å². The van der Waals surface area contributed by atoms with Crippen LogP contribution < -0.4 is 0 Å². The summed E-state index contributed by atoms with van der Waals surface area (Å²) in [7, 11) is 0. The van der Waals surface area contributed by atoms with Crippen molar-refractivity contribution in [3.63, 3.8) is 0 Å². The van der Waals surface area contributed by atoms with Gasteiger partial charge in [0.05, 0.1) is 6.07 Å². The SMILES string of the molecule is CC(C#N)c1ncnn1C(C)C. The molecule has 0 radical (unpaired) electrons. The Balaban J connectivity index is 3.01. The van der Waals surface area contributed by atoms with Gasteiger partial charge in [0.2, 0.25) is 0 Å². The second-order valence-corrected chi connectivity index (χ2v) is 3.01. The van der Waals surface area contributed by atoms with E-state index in [2.05, 4.69) is 16.2 Å². The number of nitrogens with zero attached hydrogens (tertiary/aromatic N) is 4. The summed E-state index contributed by atoms with van der Waals surface area (Å²) in [6, 6.07) is 2.40. The monoisotopic (exact) mass is 164 g/mol. The zero-order chi connectivity index (χ0) is 9.14. The zero-order valence-electron chi connectivity index (χ0n) is 7.52. The van der Waals surface area contributed by atoms with Crippen molar-refractivity contribution in [2.75, 3.05) is 0 Å². The predicted octanol–water partition coefficient (Wildman–Crippen LogP) is 1.49. The molecule has 0 aromatic carbocycles. The van der Waals surface area contributed by atoms with Gasteiger partial charge in [-0.05, 0) is 20.8 Å². The Bertz CT molecular complexity index is 294. The average molecular weight is 164 g/mol. The first-order valence-corrected chi connectivity index (χ1v) is 3.95. The molecule has 0 aliphatic rings. The first-order chi connectivity index (χ1) is 5.66. The molecule has 0 N–H and O–H groups in total. The molecule has 0 bridgehead atoms. The Labute approximate surface area is 71.8 Å². The molecular weight excluding hydrogens is 152 g/mol. The van der Waals surface area contributed by atoms with Crippen LogP contribution in [0, 0.1) is 11.3 Å². The van der Waals surface area contributed by atoms with Gasteiger partial charge in [-0.25, -0.2) is 9.67 Å².